The highest BCUT2D eigenvalue weighted by atomic mass is 16.5. The number of benzene rings is 1. The summed E-state index contributed by atoms with van der Waals surface area (Å²) in [5, 5.41) is 8.92. The number of carbonyl (C=O) groups is 2. The van der Waals surface area contributed by atoms with E-state index in [2.05, 4.69) is 13.0 Å². The Labute approximate surface area is 154 Å². The van der Waals surface area contributed by atoms with Crippen LogP contribution in [0.25, 0.3) is 0 Å². The van der Waals surface area contributed by atoms with Crippen LogP contribution in [0.1, 0.15) is 59.6 Å². The van der Waals surface area contributed by atoms with E-state index in [0.717, 1.165) is 30.5 Å². The zero-order valence-corrected chi connectivity index (χ0v) is 15.5. The van der Waals surface area contributed by atoms with E-state index in [1.807, 2.05) is 6.07 Å². The van der Waals surface area contributed by atoms with Gasteiger partial charge in [-0.05, 0) is 55.7 Å². The molecule has 0 amide bonds. The van der Waals surface area contributed by atoms with Gasteiger partial charge >= 0.3 is 5.97 Å². The van der Waals surface area contributed by atoms with Gasteiger partial charge in [0.05, 0.1) is 30.4 Å². The summed E-state index contributed by atoms with van der Waals surface area (Å²) in [4.78, 5) is 24.9. The van der Waals surface area contributed by atoms with Crippen molar-refractivity contribution < 1.29 is 14.3 Å². The molecular formula is C21H24N2O3. The van der Waals surface area contributed by atoms with E-state index in [4.69, 9.17) is 10.00 Å². The van der Waals surface area contributed by atoms with Crippen molar-refractivity contribution in [1.29, 1.82) is 5.26 Å². The van der Waals surface area contributed by atoms with Crippen molar-refractivity contribution in [3.63, 3.8) is 0 Å². The Morgan fingerprint density at radius 3 is 2.46 bits per heavy atom. The molecule has 1 heterocycles. The minimum Gasteiger partial charge on any atom is -0.466 e. The van der Waals surface area contributed by atoms with Crippen molar-refractivity contribution in [2.24, 2.45) is 7.05 Å². The number of ketones is 1. The first-order valence-electron chi connectivity index (χ1n) is 8.89. The summed E-state index contributed by atoms with van der Waals surface area (Å²) in [5.41, 5.74) is 3.37. The van der Waals surface area contributed by atoms with Crippen LogP contribution < -0.4 is 0 Å². The molecule has 0 aliphatic carbocycles. The van der Waals surface area contributed by atoms with Gasteiger partial charge in [-0.3, -0.25) is 9.59 Å². The van der Waals surface area contributed by atoms with E-state index in [-0.39, 0.29) is 18.2 Å². The SMILES string of the molecule is CCCCc1cc(CC(=O)OCC)n(C)c1C(=O)c1ccc(C#N)cc1. The lowest BCUT2D eigenvalue weighted by Crippen LogP contribution is -2.14. The van der Waals surface area contributed by atoms with Crippen molar-refractivity contribution in [3.8, 4) is 6.07 Å². The monoisotopic (exact) mass is 352 g/mol. The Kier molecular flexibility index (Phi) is 6.74. The van der Waals surface area contributed by atoms with Gasteiger partial charge in [0.15, 0.2) is 0 Å². The third kappa shape index (κ3) is 4.40. The standard InChI is InChI=1S/C21H24N2O3/c1-4-6-7-17-12-18(13-19(24)26-5-2)23(3)20(17)21(25)16-10-8-15(14-22)9-11-16/h8-12H,4-7,13H2,1-3H3. The van der Waals surface area contributed by atoms with Gasteiger partial charge in [0.25, 0.3) is 0 Å². The van der Waals surface area contributed by atoms with Crippen molar-refractivity contribution in [2.45, 2.75) is 39.5 Å². The van der Waals surface area contributed by atoms with Crippen LogP contribution in [0.2, 0.25) is 0 Å². The average molecular weight is 352 g/mol. The highest BCUT2D eigenvalue weighted by molar-refractivity contribution is 6.09. The van der Waals surface area contributed by atoms with Crippen LogP contribution in [-0.4, -0.2) is 22.9 Å². The first-order chi connectivity index (χ1) is 12.5. The number of nitriles is 1. The summed E-state index contributed by atoms with van der Waals surface area (Å²) in [6, 6.07) is 10.6. The second kappa shape index (κ2) is 9.00. The zero-order chi connectivity index (χ0) is 19.1. The number of nitrogens with zero attached hydrogens (tertiary/aromatic N) is 2. The predicted octanol–water partition coefficient (Wildman–Crippen LogP) is 3.58. The second-order valence-electron chi connectivity index (χ2n) is 6.17. The van der Waals surface area contributed by atoms with E-state index in [9.17, 15) is 9.59 Å². The molecule has 0 unspecified atom stereocenters. The number of ether oxygens (including phenoxy) is 1. The molecular weight excluding hydrogens is 328 g/mol. The molecule has 5 heteroatoms. The molecule has 0 aliphatic heterocycles. The van der Waals surface area contributed by atoms with Crippen molar-refractivity contribution in [3.05, 3.63) is 58.4 Å². The Bertz CT molecular complexity index is 826. The largest absolute Gasteiger partial charge is 0.466 e. The molecule has 2 aromatic rings. The fourth-order valence-corrected chi connectivity index (χ4v) is 2.94. The molecule has 0 bridgehead atoms. The van der Waals surface area contributed by atoms with Gasteiger partial charge in [0, 0.05) is 18.3 Å². The molecule has 2 rings (SSSR count). The van der Waals surface area contributed by atoms with E-state index >= 15 is 0 Å². The van der Waals surface area contributed by atoms with E-state index < -0.39 is 0 Å². The van der Waals surface area contributed by atoms with Crippen molar-refractivity contribution >= 4 is 11.8 Å². The molecule has 0 saturated carbocycles. The summed E-state index contributed by atoms with van der Waals surface area (Å²) in [7, 11) is 1.81. The summed E-state index contributed by atoms with van der Waals surface area (Å²) in [6.45, 7) is 4.21. The van der Waals surface area contributed by atoms with Crippen LogP contribution >= 0.6 is 0 Å². The molecule has 0 spiro atoms. The first-order valence-corrected chi connectivity index (χ1v) is 8.89. The maximum absolute atomic E-state index is 13.1. The quantitative estimate of drug-likeness (QED) is 0.538. The lowest BCUT2D eigenvalue weighted by molar-refractivity contribution is -0.142. The Hall–Kier alpha value is -2.87. The third-order valence-electron chi connectivity index (χ3n) is 4.33. The van der Waals surface area contributed by atoms with Crippen molar-refractivity contribution in [2.75, 3.05) is 6.61 Å². The van der Waals surface area contributed by atoms with Gasteiger partial charge in [-0.1, -0.05) is 13.3 Å². The summed E-state index contributed by atoms with van der Waals surface area (Å²) < 4.78 is 6.83. The molecule has 26 heavy (non-hydrogen) atoms. The summed E-state index contributed by atoms with van der Waals surface area (Å²) in [5.74, 6) is -0.397. The van der Waals surface area contributed by atoms with Gasteiger partial charge in [0.2, 0.25) is 5.78 Å². The number of hydrogen-bond donors (Lipinski definition) is 0. The molecule has 0 atom stereocenters. The number of aromatic nitrogens is 1. The molecule has 0 radical (unpaired) electrons. The number of rotatable bonds is 8. The molecule has 5 nitrogen and oxygen atoms in total. The second-order valence-corrected chi connectivity index (χ2v) is 6.17. The Balaban J connectivity index is 2.40. The van der Waals surface area contributed by atoms with Crippen LogP contribution in [0.4, 0.5) is 0 Å². The lowest BCUT2D eigenvalue weighted by Gasteiger charge is -2.09. The first kappa shape index (κ1) is 19.5. The molecule has 0 fully saturated rings. The average Bonchev–Trinajstić information content (AvgIpc) is 2.95. The van der Waals surface area contributed by atoms with Crippen LogP contribution in [0.3, 0.4) is 0 Å². The summed E-state index contributed by atoms with van der Waals surface area (Å²) >= 11 is 0. The van der Waals surface area contributed by atoms with Crippen LogP contribution in [0.15, 0.2) is 30.3 Å². The maximum Gasteiger partial charge on any atom is 0.311 e. The fourth-order valence-electron chi connectivity index (χ4n) is 2.94. The number of carbonyl (C=O) groups excluding carboxylic acids is 2. The number of esters is 1. The van der Waals surface area contributed by atoms with E-state index in [0.29, 0.717) is 23.4 Å². The van der Waals surface area contributed by atoms with Crippen molar-refractivity contribution in [1.82, 2.24) is 4.57 Å². The van der Waals surface area contributed by atoms with E-state index in [1.165, 1.54) is 0 Å². The van der Waals surface area contributed by atoms with Gasteiger partial charge in [-0.25, -0.2) is 0 Å². The van der Waals surface area contributed by atoms with Gasteiger partial charge < -0.3 is 9.30 Å². The minimum atomic E-state index is -0.299. The van der Waals surface area contributed by atoms with Gasteiger partial charge in [-0.2, -0.15) is 5.26 Å². The molecule has 0 saturated heterocycles. The van der Waals surface area contributed by atoms with Gasteiger partial charge in [0.1, 0.15) is 0 Å². The fraction of sp³-hybridized carbons (Fsp3) is 0.381. The topological polar surface area (TPSA) is 72.1 Å². The third-order valence-corrected chi connectivity index (χ3v) is 4.33. The smallest absolute Gasteiger partial charge is 0.311 e. The Morgan fingerprint density at radius 2 is 1.88 bits per heavy atom. The van der Waals surface area contributed by atoms with Crippen LogP contribution in [-0.2, 0) is 29.4 Å². The number of aryl methyl sites for hydroxylation is 1. The molecule has 0 aliphatic rings. The number of hydrogen-bond acceptors (Lipinski definition) is 4. The minimum absolute atomic E-state index is 0.0989. The predicted molar refractivity (Wildman–Crippen MR) is 99.0 cm³/mol. The maximum atomic E-state index is 13.1. The molecule has 1 aromatic heterocycles. The highest BCUT2D eigenvalue weighted by Gasteiger charge is 2.21. The normalized spacial score (nSPS) is 10.4. The van der Waals surface area contributed by atoms with E-state index in [1.54, 1.807) is 42.8 Å². The zero-order valence-electron chi connectivity index (χ0n) is 15.5. The van der Waals surface area contributed by atoms with Crippen LogP contribution in [0, 0.1) is 11.3 Å². The number of unbranched alkanes of at least 4 members (excludes halogenated alkanes) is 1. The summed E-state index contributed by atoms with van der Waals surface area (Å²) in [6.07, 6.45) is 2.91. The lowest BCUT2D eigenvalue weighted by atomic mass is 10.0. The molecule has 136 valence electrons. The van der Waals surface area contributed by atoms with Crippen LogP contribution in [0.5, 0.6) is 0 Å². The molecule has 1 aromatic carbocycles. The Morgan fingerprint density at radius 1 is 1.19 bits per heavy atom. The van der Waals surface area contributed by atoms with Gasteiger partial charge in [-0.15, -0.1) is 0 Å². The molecule has 0 N–H and O–H groups in total. The highest BCUT2D eigenvalue weighted by Crippen LogP contribution is 2.22.